The average molecular weight is 273 g/mol. The number of ether oxygens (including phenoxy) is 1. The van der Waals surface area contributed by atoms with E-state index in [1.165, 1.54) is 6.92 Å². The van der Waals surface area contributed by atoms with Gasteiger partial charge in [-0.2, -0.15) is 30.9 Å². The summed E-state index contributed by atoms with van der Waals surface area (Å²) in [5, 5.41) is 0. The Morgan fingerprint density at radius 3 is 2.00 bits per heavy atom. The Morgan fingerprint density at radius 1 is 1.14 bits per heavy atom. The third kappa shape index (κ3) is 4.33. The summed E-state index contributed by atoms with van der Waals surface area (Å²) in [7, 11) is -2.77. The number of rotatable bonds is 6. The molecule has 0 aromatic carbocycles. The van der Waals surface area contributed by atoms with Gasteiger partial charge in [0.15, 0.2) is 0 Å². The van der Waals surface area contributed by atoms with Gasteiger partial charge in [0.1, 0.15) is 6.61 Å². The lowest BCUT2D eigenvalue weighted by molar-refractivity contribution is -0.221. The molecule has 14 heavy (non-hydrogen) atoms. The molecule has 0 aliphatic carbocycles. The molecule has 0 aliphatic rings. The van der Waals surface area contributed by atoms with Gasteiger partial charge in [-0.3, -0.25) is 0 Å². The zero-order valence-electron chi connectivity index (χ0n) is 7.37. The maximum atomic E-state index is 12.8. The van der Waals surface area contributed by atoms with E-state index in [1.807, 2.05) is 0 Å². The summed E-state index contributed by atoms with van der Waals surface area (Å²) in [6, 6.07) is -1.16. The molecule has 0 unspecified atom stereocenters. The summed E-state index contributed by atoms with van der Waals surface area (Å²) in [5.74, 6) is -8.40. The minimum absolute atomic E-state index is 0.0473. The lowest BCUT2D eigenvalue weighted by Crippen LogP contribution is -2.45. The smallest absolute Gasteiger partial charge is 0.332 e. The first-order chi connectivity index (χ1) is 6.23. The predicted molar refractivity (Wildman–Crippen MR) is 50.0 cm³/mol. The molecular weight excluding hydrogens is 263 g/mol. The van der Waals surface area contributed by atoms with Crippen molar-refractivity contribution < 1.29 is 22.3 Å². The van der Waals surface area contributed by atoms with Gasteiger partial charge in [-0.05, 0) is 6.92 Å². The summed E-state index contributed by atoms with van der Waals surface area (Å²) in [5.41, 5.74) is 0. The molecule has 0 aromatic heterocycles. The number of halogens is 6. The lowest BCUT2D eigenvalue weighted by Gasteiger charge is -2.26. The summed E-state index contributed by atoms with van der Waals surface area (Å²) in [6.07, 6.45) is 0. The highest BCUT2D eigenvalue weighted by molar-refractivity contribution is 7.33. The molecule has 0 saturated heterocycles. The van der Waals surface area contributed by atoms with Gasteiger partial charge in [0.05, 0.1) is 0 Å². The molecular formula is C6H10Cl2F4OSi. The molecule has 0 rings (SSSR count). The summed E-state index contributed by atoms with van der Waals surface area (Å²) in [4.78, 5) is 0. The van der Waals surface area contributed by atoms with E-state index in [1.54, 1.807) is 0 Å². The van der Waals surface area contributed by atoms with E-state index in [4.69, 9.17) is 22.2 Å². The van der Waals surface area contributed by atoms with Crippen molar-refractivity contribution in [2.45, 2.75) is 24.8 Å². The van der Waals surface area contributed by atoms with Gasteiger partial charge >= 0.3 is 11.8 Å². The van der Waals surface area contributed by atoms with Crippen molar-refractivity contribution in [3.05, 3.63) is 0 Å². The van der Waals surface area contributed by atoms with E-state index in [2.05, 4.69) is 4.74 Å². The van der Waals surface area contributed by atoms with Gasteiger partial charge in [0.2, 0.25) is 7.42 Å². The fourth-order valence-electron chi connectivity index (χ4n) is 0.679. The first-order valence-corrected chi connectivity index (χ1v) is 8.15. The van der Waals surface area contributed by atoms with E-state index in [9.17, 15) is 17.6 Å². The SMILES string of the molecule is CCOCC(F)(F)C(F)(F)C[SiH](Cl)Cl. The zero-order chi connectivity index (χ0) is 11.4. The first kappa shape index (κ1) is 14.5. The topological polar surface area (TPSA) is 9.23 Å². The normalized spacial score (nSPS) is 13.7. The third-order valence-corrected chi connectivity index (χ3v) is 3.18. The Hall–Kier alpha value is 0.477. The van der Waals surface area contributed by atoms with E-state index in [-0.39, 0.29) is 6.61 Å². The minimum Gasteiger partial charge on any atom is -0.375 e. The lowest BCUT2D eigenvalue weighted by atomic mass is 10.2. The van der Waals surface area contributed by atoms with Gasteiger partial charge in [-0.25, -0.2) is 8.78 Å². The van der Waals surface area contributed by atoms with Crippen LogP contribution in [0.3, 0.4) is 0 Å². The second kappa shape index (κ2) is 5.53. The highest BCUT2D eigenvalue weighted by atomic mass is 35.7. The van der Waals surface area contributed by atoms with E-state index in [0.717, 1.165) is 0 Å². The summed E-state index contributed by atoms with van der Waals surface area (Å²) in [6.45, 7) is 0.0779. The molecule has 0 aliphatic heterocycles. The van der Waals surface area contributed by atoms with E-state index in [0.29, 0.717) is 0 Å². The zero-order valence-corrected chi connectivity index (χ0v) is 10.0. The second-order valence-corrected chi connectivity index (χ2v) is 7.66. The van der Waals surface area contributed by atoms with E-state index < -0.39 is 31.9 Å². The molecule has 0 aromatic rings. The first-order valence-electron chi connectivity index (χ1n) is 3.84. The van der Waals surface area contributed by atoms with Crippen molar-refractivity contribution in [3.8, 4) is 0 Å². The molecule has 0 heterocycles. The Bertz CT molecular complexity index is 179. The van der Waals surface area contributed by atoms with Crippen LogP contribution in [-0.4, -0.2) is 32.5 Å². The van der Waals surface area contributed by atoms with Crippen LogP contribution >= 0.6 is 22.2 Å². The Balaban J connectivity index is 4.35. The molecule has 0 bridgehead atoms. The molecule has 0 radical (unpaired) electrons. The fourth-order valence-corrected chi connectivity index (χ4v) is 2.53. The molecule has 0 saturated carbocycles. The molecule has 86 valence electrons. The van der Waals surface area contributed by atoms with Crippen molar-refractivity contribution in [1.29, 1.82) is 0 Å². The van der Waals surface area contributed by atoms with Crippen molar-refractivity contribution in [3.63, 3.8) is 0 Å². The maximum absolute atomic E-state index is 12.8. The van der Waals surface area contributed by atoms with Crippen LogP contribution in [0.15, 0.2) is 0 Å². The molecule has 1 nitrogen and oxygen atoms in total. The van der Waals surface area contributed by atoms with Crippen molar-refractivity contribution in [2.24, 2.45) is 0 Å². The number of hydrogen-bond acceptors (Lipinski definition) is 1. The quantitative estimate of drug-likeness (QED) is 0.410. The van der Waals surface area contributed by atoms with Crippen molar-refractivity contribution in [2.75, 3.05) is 13.2 Å². The summed E-state index contributed by atoms with van der Waals surface area (Å²) < 4.78 is 55.4. The van der Waals surface area contributed by atoms with Crippen LogP contribution in [0, 0.1) is 0 Å². The standard InChI is InChI=1S/C6H10Cl2F4OSi/c1-2-13-3-5(9,10)6(11,12)4-14(7)8/h14H,2-4H2,1H3. The van der Waals surface area contributed by atoms with Crippen LogP contribution in [-0.2, 0) is 4.74 Å². The van der Waals surface area contributed by atoms with Crippen molar-refractivity contribution >= 4 is 29.6 Å². The predicted octanol–water partition coefficient (Wildman–Crippen LogP) is 2.99. The largest absolute Gasteiger partial charge is 0.375 e. The van der Waals surface area contributed by atoms with Crippen LogP contribution in [0.5, 0.6) is 0 Å². The van der Waals surface area contributed by atoms with Gasteiger partial charge in [-0.1, -0.05) is 0 Å². The number of hydrogen-bond donors (Lipinski definition) is 0. The highest BCUT2D eigenvalue weighted by Crippen LogP contribution is 2.39. The van der Waals surface area contributed by atoms with Crippen LogP contribution in [0.4, 0.5) is 17.6 Å². The minimum atomic E-state index is -4.21. The molecule has 0 atom stereocenters. The van der Waals surface area contributed by atoms with Crippen LogP contribution in [0.25, 0.3) is 0 Å². The summed E-state index contributed by atoms with van der Waals surface area (Å²) >= 11 is 10.3. The molecule has 0 amide bonds. The maximum Gasteiger partial charge on any atom is 0.332 e. The average Bonchev–Trinajstić information content (AvgIpc) is 1.98. The van der Waals surface area contributed by atoms with Gasteiger partial charge < -0.3 is 4.74 Å². The fraction of sp³-hybridized carbons (Fsp3) is 1.00. The monoisotopic (exact) mass is 272 g/mol. The molecule has 0 spiro atoms. The number of alkyl halides is 4. The van der Waals surface area contributed by atoms with Gasteiger partial charge in [0.25, 0.3) is 0 Å². The third-order valence-electron chi connectivity index (χ3n) is 1.43. The molecule has 0 N–H and O–H groups in total. The Morgan fingerprint density at radius 2 is 1.64 bits per heavy atom. The Labute approximate surface area is 90.3 Å². The van der Waals surface area contributed by atoms with Crippen LogP contribution < -0.4 is 0 Å². The second-order valence-electron chi connectivity index (χ2n) is 2.64. The van der Waals surface area contributed by atoms with Crippen LogP contribution in [0.1, 0.15) is 6.92 Å². The van der Waals surface area contributed by atoms with E-state index >= 15 is 0 Å². The van der Waals surface area contributed by atoms with Crippen molar-refractivity contribution in [1.82, 2.24) is 0 Å². The highest BCUT2D eigenvalue weighted by Gasteiger charge is 2.56. The van der Waals surface area contributed by atoms with Gasteiger partial charge in [-0.15, -0.1) is 0 Å². The van der Waals surface area contributed by atoms with Gasteiger partial charge in [0, 0.05) is 12.7 Å². The molecule has 0 fully saturated rings. The molecule has 8 heteroatoms. The van der Waals surface area contributed by atoms with Crippen LogP contribution in [0.2, 0.25) is 6.04 Å². The Kier molecular flexibility index (Phi) is 5.72.